The van der Waals surface area contributed by atoms with E-state index in [9.17, 15) is 0 Å². The number of hydrogen-bond acceptors (Lipinski definition) is 1. The molecule has 0 aliphatic heterocycles. The molecule has 1 atom stereocenters. The summed E-state index contributed by atoms with van der Waals surface area (Å²) in [5, 5.41) is 0. The molecule has 1 nitrogen and oxygen atoms in total. The minimum atomic E-state index is 0.922. The normalized spacial score (nSPS) is 11.2. The summed E-state index contributed by atoms with van der Waals surface area (Å²) in [5.74, 6) is 0. The quantitative estimate of drug-likeness (QED) is 0.316. The van der Waals surface area contributed by atoms with E-state index in [0.717, 1.165) is 32.5 Å². The highest BCUT2D eigenvalue weighted by Gasteiger charge is 1.87. The Morgan fingerprint density at radius 1 is 1.08 bits per heavy atom. The van der Waals surface area contributed by atoms with Gasteiger partial charge in [0.25, 0.3) is 0 Å². The fraction of sp³-hybridized carbons (Fsp3) is 0.818. The standard InChI is InChI=1S/C11H23OP/c1-2-3-4-5-6-9-12-10-7-8-11-13/h3-4H,2,5-11,13H2,1H3. The lowest BCUT2D eigenvalue weighted by atomic mass is 10.3. The molecule has 0 aromatic heterocycles. The Bertz CT molecular complexity index is 113. The van der Waals surface area contributed by atoms with Crippen LogP contribution in [0, 0.1) is 0 Å². The summed E-state index contributed by atoms with van der Waals surface area (Å²) in [4.78, 5) is 0. The topological polar surface area (TPSA) is 9.23 Å². The van der Waals surface area contributed by atoms with E-state index in [1.54, 1.807) is 0 Å². The summed E-state index contributed by atoms with van der Waals surface area (Å²) in [6.45, 7) is 4.02. The third kappa shape index (κ3) is 12.1. The van der Waals surface area contributed by atoms with Crippen LogP contribution in [-0.4, -0.2) is 19.4 Å². The first-order valence-corrected chi connectivity index (χ1v) is 6.16. The van der Waals surface area contributed by atoms with Crippen LogP contribution in [0.25, 0.3) is 0 Å². The molecule has 0 N–H and O–H groups in total. The Kier molecular flexibility index (Phi) is 12.3. The van der Waals surface area contributed by atoms with Gasteiger partial charge in [-0.2, -0.15) is 0 Å². The smallest absolute Gasteiger partial charge is 0.0468 e. The van der Waals surface area contributed by atoms with Crippen LogP contribution in [-0.2, 0) is 4.74 Å². The van der Waals surface area contributed by atoms with Gasteiger partial charge in [-0.1, -0.05) is 19.1 Å². The van der Waals surface area contributed by atoms with E-state index in [1.165, 1.54) is 19.0 Å². The Hall–Kier alpha value is 0.130. The molecule has 0 fully saturated rings. The zero-order valence-electron chi connectivity index (χ0n) is 8.80. The van der Waals surface area contributed by atoms with E-state index in [0.29, 0.717) is 0 Å². The first-order valence-electron chi connectivity index (χ1n) is 5.34. The Morgan fingerprint density at radius 2 is 1.85 bits per heavy atom. The molecule has 0 bridgehead atoms. The van der Waals surface area contributed by atoms with Gasteiger partial charge < -0.3 is 4.74 Å². The van der Waals surface area contributed by atoms with Gasteiger partial charge in [0, 0.05) is 13.2 Å². The first-order chi connectivity index (χ1) is 6.41. The summed E-state index contributed by atoms with van der Waals surface area (Å²) >= 11 is 0. The zero-order valence-corrected chi connectivity index (χ0v) is 9.95. The molecular weight excluding hydrogens is 179 g/mol. The van der Waals surface area contributed by atoms with Gasteiger partial charge in [0.05, 0.1) is 0 Å². The van der Waals surface area contributed by atoms with Gasteiger partial charge in [-0.3, -0.25) is 0 Å². The lowest BCUT2D eigenvalue weighted by Crippen LogP contribution is -1.96. The van der Waals surface area contributed by atoms with Crippen molar-refractivity contribution in [1.82, 2.24) is 0 Å². The maximum atomic E-state index is 5.47. The molecule has 0 saturated heterocycles. The van der Waals surface area contributed by atoms with Crippen LogP contribution in [0.3, 0.4) is 0 Å². The Labute approximate surface area is 85.1 Å². The van der Waals surface area contributed by atoms with Crippen molar-refractivity contribution in [1.29, 1.82) is 0 Å². The van der Waals surface area contributed by atoms with Crippen LogP contribution in [0.5, 0.6) is 0 Å². The van der Waals surface area contributed by atoms with Crippen molar-refractivity contribution in [2.24, 2.45) is 0 Å². The second-order valence-corrected chi connectivity index (χ2v) is 3.71. The van der Waals surface area contributed by atoms with Crippen LogP contribution < -0.4 is 0 Å². The predicted octanol–water partition coefficient (Wildman–Crippen LogP) is 3.40. The maximum Gasteiger partial charge on any atom is 0.0468 e. The average molecular weight is 202 g/mol. The molecule has 2 heteroatoms. The zero-order chi connectivity index (χ0) is 9.78. The third-order valence-corrected chi connectivity index (χ3v) is 2.21. The number of ether oxygens (including phenoxy) is 1. The lowest BCUT2D eigenvalue weighted by molar-refractivity contribution is 0.129. The van der Waals surface area contributed by atoms with Gasteiger partial charge in [0.15, 0.2) is 0 Å². The number of hydrogen-bond donors (Lipinski definition) is 0. The molecule has 0 heterocycles. The molecular formula is C11H23OP. The lowest BCUT2D eigenvalue weighted by Gasteiger charge is -2.01. The minimum absolute atomic E-state index is 0.922. The van der Waals surface area contributed by atoms with Crippen molar-refractivity contribution in [3.8, 4) is 0 Å². The predicted molar refractivity (Wildman–Crippen MR) is 63.3 cm³/mol. The molecule has 0 amide bonds. The van der Waals surface area contributed by atoms with E-state index in [1.807, 2.05) is 0 Å². The van der Waals surface area contributed by atoms with Crippen LogP contribution in [0.1, 0.15) is 39.0 Å². The molecule has 0 aliphatic carbocycles. The second kappa shape index (κ2) is 12.1. The van der Waals surface area contributed by atoms with Crippen molar-refractivity contribution in [3.05, 3.63) is 12.2 Å². The third-order valence-electron chi connectivity index (χ3n) is 1.80. The van der Waals surface area contributed by atoms with Gasteiger partial charge in [-0.15, -0.1) is 9.24 Å². The van der Waals surface area contributed by atoms with Crippen molar-refractivity contribution in [3.63, 3.8) is 0 Å². The highest BCUT2D eigenvalue weighted by atomic mass is 31.0. The van der Waals surface area contributed by atoms with Crippen molar-refractivity contribution in [2.45, 2.75) is 39.0 Å². The van der Waals surface area contributed by atoms with E-state index in [-0.39, 0.29) is 0 Å². The van der Waals surface area contributed by atoms with Crippen molar-refractivity contribution < 1.29 is 4.74 Å². The second-order valence-electron chi connectivity index (χ2n) is 3.13. The van der Waals surface area contributed by atoms with Crippen molar-refractivity contribution in [2.75, 3.05) is 19.4 Å². The minimum Gasteiger partial charge on any atom is -0.381 e. The highest BCUT2D eigenvalue weighted by molar-refractivity contribution is 7.16. The summed E-state index contributed by atoms with van der Waals surface area (Å²) in [7, 11) is 2.74. The average Bonchev–Trinajstić information content (AvgIpc) is 2.16. The number of rotatable bonds is 9. The highest BCUT2D eigenvalue weighted by Crippen LogP contribution is 1.97. The molecule has 0 aromatic carbocycles. The fourth-order valence-corrected chi connectivity index (χ4v) is 1.33. The van der Waals surface area contributed by atoms with Crippen molar-refractivity contribution >= 4 is 9.24 Å². The van der Waals surface area contributed by atoms with E-state index in [2.05, 4.69) is 28.3 Å². The van der Waals surface area contributed by atoms with Gasteiger partial charge >= 0.3 is 0 Å². The summed E-state index contributed by atoms with van der Waals surface area (Å²) in [6, 6.07) is 0. The Balaban J connectivity index is 2.87. The van der Waals surface area contributed by atoms with E-state index in [4.69, 9.17) is 4.74 Å². The SMILES string of the molecule is CCC=CCCCOCCCCP. The molecule has 0 aromatic rings. The monoisotopic (exact) mass is 202 g/mol. The van der Waals surface area contributed by atoms with Gasteiger partial charge in [-0.25, -0.2) is 0 Å². The van der Waals surface area contributed by atoms with Crippen LogP contribution in [0.2, 0.25) is 0 Å². The summed E-state index contributed by atoms with van der Waals surface area (Å²) in [5.41, 5.74) is 0. The summed E-state index contributed by atoms with van der Waals surface area (Å²) in [6.07, 6.45) is 11.6. The molecule has 0 spiro atoms. The van der Waals surface area contributed by atoms with Gasteiger partial charge in [0.2, 0.25) is 0 Å². The number of allylic oxidation sites excluding steroid dienone is 2. The van der Waals surface area contributed by atoms with Crippen LogP contribution in [0.4, 0.5) is 0 Å². The van der Waals surface area contributed by atoms with Crippen LogP contribution >= 0.6 is 9.24 Å². The molecule has 0 radical (unpaired) electrons. The molecule has 1 unspecified atom stereocenters. The van der Waals surface area contributed by atoms with Gasteiger partial charge in [-0.05, 0) is 38.3 Å². The number of unbranched alkanes of at least 4 members (excludes halogenated alkanes) is 2. The molecule has 0 saturated carbocycles. The van der Waals surface area contributed by atoms with E-state index < -0.39 is 0 Å². The fourth-order valence-electron chi connectivity index (χ4n) is 1.04. The molecule has 0 aliphatic rings. The Morgan fingerprint density at radius 3 is 2.54 bits per heavy atom. The summed E-state index contributed by atoms with van der Waals surface area (Å²) < 4.78 is 5.47. The first kappa shape index (κ1) is 13.1. The largest absolute Gasteiger partial charge is 0.381 e. The molecule has 78 valence electrons. The molecule has 13 heavy (non-hydrogen) atoms. The van der Waals surface area contributed by atoms with Crippen LogP contribution in [0.15, 0.2) is 12.2 Å². The van der Waals surface area contributed by atoms with E-state index >= 15 is 0 Å². The maximum absolute atomic E-state index is 5.47. The van der Waals surface area contributed by atoms with Gasteiger partial charge in [0.1, 0.15) is 0 Å². The molecule has 0 rings (SSSR count).